The third kappa shape index (κ3) is 2.70. The number of amides is 1. The molecule has 1 aliphatic heterocycles. The Balaban J connectivity index is 1.55. The Bertz CT molecular complexity index is 842. The fourth-order valence-corrected chi connectivity index (χ4v) is 4.96. The molecular formula is C15H16N4O2S2. The van der Waals surface area contributed by atoms with E-state index >= 15 is 0 Å². The number of hydrogen-bond acceptors (Lipinski definition) is 6. The first-order valence-corrected chi connectivity index (χ1v) is 9.47. The molecule has 0 bridgehead atoms. The summed E-state index contributed by atoms with van der Waals surface area (Å²) in [6, 6.07) is -0.123. The lowest BCUT2D eigenvalue weighted by molar-refractivity contribution is -0.116. The molecule has 0 fully saturated rings. The largest absolute Gasteiger partial charge is 0.302 e. The standard InChI is InChI=1S/C15H16N4O2S2/c1-8-6-22-14(16-8)18-12(20)5-9-7-23-15-17-11-4-2-3-10(11)13(21)19(9)15/h6,9H,2-5,7H2,1H3,(H,16,18,20)/t9-/m0/s1. The third-order valence-electron chi connectivity index (χ3n) is 4.16. The minimum absolute atomic E-state index is 0.0513. The van der Waals surface area contributed by atoms with Gasteiger partial charge in [0.25, 0.3) is 5.56 Å². The van der Waals surface area contributed by atoms with Gasteiger partial charge in [0.1, 0.15) is 0 Å². The molecular weight excluding hydrogens is 332 g/mol. The number of carbonyl (C=O) groups is 1. The number of aromatic nitrogens is 3. The van der Waals surface area contributed by atoms with Gasteiger partial charge in [-0.25, -0.2) is 9.97 Å². The van der Waals surface area contributed by atoms with Gasteiger partial charge in [-0.15, -0.1) is 11.3 Å². The summed E-state index contributed by atoms with van der Waals surface area (Å²) in [5, 5.41) is 6.08. The van der Waals surface area contributed by atoms with Crippen LogP contribution in [-0.2, 0) is 17.6 Å². The summed E-state index contributed by atoms with van der Waals surface area (Å²) in [6.45, 7) is 1.89. The zero-order chi connectivity index (χ0) is 16.0. The summed E-state index contributed by atoms with van der Waals surface area (Å²) < 4.78 is 1.72. The molecule has 0 unspecified atom stereocenters. The van der Waals surface area contributed by atoms with E-state index in [0.717, 1.165) is 47.1 Å². The Labute approximate surface area is 141 Å². The molecule has 4 rings (SSSR count). The lowest BCUT2D eigenvalue weighted by Crippen LogP contribution is -2.30. The van der Waals surface area contributed by atoms with Crippen molar-refractivity contribution >= 4 is 34.1 Å². The van der Waals surface area contributed by atoms with Crippen LogP contribution < -0.4 is 10.9 Å². The molecule has 3 heterocycles. The lowest BCUT2D eigenvalue weighted by Gasteiger charge is -2.13. The fraction of sp³-hybridized carbons (Fsp3) is 0.467. The highest BCUT2D eigenvalue weighted by Gasteiger charge is 2.31. The predicted molar refractivity (Wildman–Crippen MR) is 90.4 cm³/mol. The van der Waals surface area contributed by atoms with Gasteiger partial charge in [-0.2, -0.15) is 0 Å². The van der Waals surface area contributed by atoms with E-state index in [1.807, 2.05) is 12.3 Å². The second-order valence-corrected chi connectivity index (χ2v) is 7.70. The monoisotopic (exact) mass is 348 g/mol. The van der Waals surface area contributed by atoms with E-state index in [2.05, 4.69) is 15.3 Å². The van der Waals surface area contributed by atoms with Crippen molar-refractivity contribution in [2.24, 2.45) is 0 Å². The van der Waals surface area contributed by atoms with Crippen LogP contribution in [0.1, 0.15) is 35.8 Å². The van der Waals surface area contributed by atoms with E-state index < -0.39 is 0 Å². The normalized spacial score (nSPS) is 18.7. The number of hydrogen-bond donors (Lipinski definition) is 1. The van der Waals surface area contributed by atoms with Crippen molar-refractivity contribution in [3.05, 3.63) is 32.7 Å². The quantitative estimate of drug-likeness (QED) is 0.860. The van der Waals surface area contributed by atoms with Crippen molar-refractivity contribution in [3.8, 4) is 0 Å². The molecule has 0 radical (unpaired) electrons. The average Bonchev–Trinajstić information content (AvgIpc) is 3.20. The Kier molecular flexibility index (Phi) is 3.73. The third-order valence-corrected chi connectivity index (χ3v) is 6.13. The van der Waals surface area contributed by atoms with E-state index in [1.165, 1.54) is 11.3 Å². The van der Waals surface area contributed by atoms with Crippen molar-refractivity contribution in [1.29, 1.82) is 0 Å². The molecule has 8 heteroatoms. The average molecular weight is 348 g/mol. The lowest BCUT2D eigenvalue weighted by atomic mass is 10.2. The van der Waals surface area contributed by atoms with Crippen molar-refractivity contribution in [1.82, 2.24) is 14.5 Å². The number of thioether (sulfide) groups is 1. The van der Waals surface area contributed by atoms with E-state index in [-0.39, 0.29) is 23.9 Å². The Morgan fingerprint density at radius 3 is 3.09 bits per heavy atom. The molecule has 0 spiro atoms. The van der Waals surface area contributed by atoms with Gasteiger partial charge >= 0.3 is 0 Å². The summed E-state index contributed by atoms with van der Waals surface area (Å²) >= 11 is 2.98. The minimum Gasteiger partial charge on any atom is -0.302 e. The molecule has 1 atom stereocenters. The Morgan fingerprint density at radius 1 is 1.43 bits per heavy atom. The van der Waals surface area contributed by atoms with E-state index in [0.29, 0.717) is 5.13 Å². The first-order valence-electron chi connectivity index (χ1n) is 7.61. The smallest absolute Gasteiger partial charge is 0.257 e. The zero-order valence-electron chi connectivity index (χ0n) is 12.7. The van der Waals surface area contributed by atoms with E-state index in [1.54, 1.807) is 16.3 Å². The molecule has 120 valence electrons. The van der Waals surface area contributed by atoms with E-state index in [4.69, 9.17) is 0 Å². The highest BCUT2D eigenvalue weighted by atomic mass is 32.2. The fourth-order valence-electron chi connectivity index (χ4n) is 3.10. The van der Waals surface area contributed by atoms with Crippen LogP contribution >= 0.6 is 23.1 Å². The molecule has 1 amide bonds. The van der Waals surface area contributed by atoms with Crippen LogP contribution in [0, 0.1) is 6.92 Å². The molecule has 2 aromatic rings. The molecule has 23 heavy (non-hydrogen) atoms. The van der Waals surface area contributed by atoms with E-state index in [9.17, 15) is 9.59 Å². The summed E-state index contributed by atoms with van der Waals surface area (Å²) in [6.07, 6.45) is 2.98. The van der Waals surface area contributed by atoms with Crippen molar-refractivity contribution in [3.63, 3.8) is 0 Å². The van der Waals surface area contributed by atoms with Crippen LogP contribution in [0.3, 0.4) is 0 Å². The van der Waals surface area contributed by atoms with Crippen molar-refractivity contribution < 1.29 is 4.79 Å². The SMILES string of the molecule is Cc1csc(NC(=O)C[C@H]2CSc3nc4c(c(=O)n32)CCC4)n1. The summed E-state index contributed by atoms with van der Waals surface area (Å²) in [5.41, 5.74) is 2.74. The molecule has 2 aliphatic rings. The van der Waals surface area contributed by atoms with Gasteiger partial charge in [-0.3, -0.25) is 14.2 Å². The second-order valence-electron chi connectivity index (χ2n) is 5.86. The maximum atomic E-state index is 12.7. The van der Waals surface area contributed by atoms with Crippen LogP contribution in [0.4, 0.5) is 5.13 Å². The molecule has 0 saturated heterocycles. The number of thiazole rings is 1. The number of anilines is 1. The van der Waals surface area contributed by atoms with Gasteiger partial charge in [0.2, 0.25) is 5.91 Å². The first kappa shape index (κ1) is 14.9. The predicted octanol–water partition coefficient (Wildman–Crippen LogP) is 2.17. The Morgan fingerprint density at radius 2 is 2.30 bits per heavy atom. The second kappa shape index (κ2) is 5.76. The topological polar surface area (TPSA) is 76.9 Å². The van der Waals surface area contributed by atoms with Crippen LogP contribution in [-0.4, -0.2) is 26.2 Å². The summed E-state index contributed by atoms with van der Waals surface area (Å²) in [7, 11) is 0. The van der Waals surface area contributed by atoms with Crippen LogP contribution in [0.5, 0.6) is 0 Å². The van der Waals surface area contributed by atoms with Gasteiger partial charge in [-0.05, 0) is 26.2 Å². The van der Waals surface area contributed by atoms with Crippen LogP contribution in [0.2, 0.25) is 0 Å². The minimum atomic E-state index is -0.123. The molecule has 1 N–H and O–H groups in total. The van der Waals surface area contributed by atoms with Gasteiger partial charge in [0.15, 0.2) is 10.3 Å². The number of nitrogens with zero attached hydrogens (tertiary/aromatic N) is 3. The maximum Gasteiger partial charge on any atom is 0.257 e. The van der Waals surface area contributed by atoms with Crippen molar-refractivity contribution in [2.75, 3.05) is 11.1 Å². The highest BCUT2D eigenvalue weighted by molar-refractivity contribution is 7.99. The van der Waals surface area contributed by atoms with Crippen LogP contribution in [0.15, 0.2) is 15.3 Å². The molecule has 0 aromatic carbocycles. The summed E-state index contributed by atoms with van der Waals surface area (Å²) in [4.78, 5) is 33.8. The molecule has 2 aromatic heterocycles. The number of aryl methyl sites for hydroxylation is 2. The van der Waals surface area contributed by atoms with Gasteiger partial charge in [-0.1, -0.05) is 11.8 Å². The Hall–Kier alpha value is -1.67. The van der Waals surface area contributed by atoms with Gasteiger partial charge < -0.3 is 5.32 Å². The van der Waals surface area contributed by atoms with Gasteiger partial charge in [0.05, 0.1) is 17.4 Å². The summed E-state index contributed by atoms with van der Waals surface area (Å²) in [5.74, 6) is 0.611. The maximum absolute atomic E-state index is 12.7. The molecule has 6 nitrogen and oxygen atoms in total. The van der Waals surface area contributed by atoms with Crippen molar-refractivity contribution in [2.45, 2.75) is 43.8 Å². The number of fused-ring (bicyclic) bond motifs is 2. The van der Waals surface area contributed by atoms with Crippen LogP contribution in [0.25, 0.3) is 0 Å². The first-order chi connectivity index (χ1) is 11.1. The number of rotatable bonds is 3. The number of nitrogens with one attached hydrogen (secondary N) is 1. The molecule has 0 saturated carbocycles. The zero-order valence-corrected chi connectivity index (χ0v) is 14.3. The highest BCUT2D eigenvalue weighted by Crippen LogP contribution is 2.34. The van der Waals surface area contributed by atoms with Gasteiger partial charge in [0, 0.05) is 23.1 Å². The molecule has 1 aliphatic carbocycles. The number of carbonyl (C=O) groups excluding carboxylic acids is 1.